The van der Waals surface area contributed by atoms with E-state index in [1.165, 1.54) is 17.7 Å². The number of carbonyl (C=O) groups excluding carboxylic acids is 2. The maximum Gasteiger partial charge on any atom is 0.265 e. The number of rotatable bonds is 6. The fourth-order valence-corrected chi connectivity index (χ4v) is 6.40. The van der Waals surface area contributed by atoms with Gasteiger partial charge in [-0.25, -0.2) is 9.97 Å². The van der Waals surface area contributed by atoms with E-state index >= 15 is 0 Å². The second kappa shape index (κ2) is 10.6. The van der Waals surface area contributed by atoms with Gasteiger partial charge in [-0.2, -0.15) is 0 Å². The first-order chi connectivity index (χ1) is 20.0. The highest BCUT2D eigenvalue weighted by atomic mass is 32.1. The molecule has 1 aliphatic carbocycles. The van der Waals surface area contributed by atoms with E-state index in [2.05, 4.69) is 26.3 Å². The van der Waals surface area contributed by atoms with Gasteiger partial charge in [-0.15, -0.1) is 11.3 Å². The highest BCUT2D eigenvalue weighted by Crippen LogP contribution is 2.43. The van der Waals surface area contributed by atoms with E-state index in [9.17, 15) is 9.59 Å². The largest absolute Gasteiger partial charge is 0.378 e. The molecule has 1 aliphatic heterocycles. The van der Waals surface area contributed by atoms with Crippen LogP contribution < -0.4 is 5.32 Å². The fraction of sp³-hybridized carbons (Fsp3) is 0.250. The number of nitrogens with one attached hydrogen (secondary N) is 2. The van der Waals surface area contributed by atoms with Crippen LogP contribution in [0.2, 0.25) is 0 Å². The van der Waals surface area contributed by atoms with Crippen molar-refractivity contribution in [2.45, 2.75) is 25.7 Å². The monoisotopic (exact) mass is 563 g/mol. The summed E-state index contributed by atoms with van der Waals surface area (Å²) in [4.78, 5) is 42.3. The summed E-state index contributed by atoms with van der Waals surface area (Å²) in [6.07, 6.45) is 3.99. The van der Waals surface area contributed by atoms with Crippen molar-refractivity contribution >= 4 is 39.9 Å². The number of anilines is 1. The van der Waals surface area contributed by atoms with Crippen LogP contribution in [0, 0.1) is 6.92 Å². The Bertz CT molecular complexity index is 1760. The lowest BCUT2D eigenvalue weighted by atomic mass is 10.0. The Morgan fingerprint density at radius 2 is 1.83 bits per heavy atom. The quantitative estimate of drug-likeness (QED) is 0.254. The molecule has 2 aliphatic rings. The number of carbonyl (C=O) groups is 2. The van der Waals surface area contributed by atoms with Crippen LogP contribution in [0.1, 0.15) is 49.2 Å². The van der Waals surface area contributed by atoms with Crippen LogP contribution in [0.25, 0.3) is 33.5 Å². The van der Waals surface area contributed by atoms with Crippen molar-refractivity contribution in [2.24, 2.45) is 0 Å². The fourth-order valence-electron chi connectivity index (χ4n) is 5.33. The van der Waals surface area contributed by atoms with Crippen LogP contribution in [0.4, 0.5) is 5.69 Å². The minimum Gasteiger partial charge on any atom is -0.378 e. The second-order valence-corrected chi connectivity index (χ2v) is 11.7. The maximum atomic E-state index is 13.0. The molecule has 5 aromatic rings. The highest BCUT2D eigenvalue weighted by molar-refractivity contribution is 7.14. The molecule has 0 bridgehead atoms. The van der Waals surface area contributed by atoms with Gasteiger partial charge in [0, 0.05) is 45.9 Å². The van der Waals surface area contributed by atoms with E-state index in [-0.39, 0.29) is 11.8 Å². The summed E-state index contributed by atoms with van der Waals surface area (Å²) in [6, 6.07) is 19.6. The molecule has 2 fully saturated rings. The number of ether oxygens (including phenoxy) is 1. The van der Waals surface area contributed by atoms with Crippen LogP contribution >= 0.6 is 11.3 Å². The third-order valence-electron chi connectivity index (χ3n) is 7.83. The molecular weight excluding hydrogens is 534 g/mol. The zero-order chi connectivity index (χ0) is 27.9. The molecule has 0 radical (unpaired) electrons. The Hall–Kier alpha value is -4.34. The predicted octanol–water partition coefficient (Wildman–Crippen LogP) is 6.26. The van der Waals surface area contributed by atoms with Crippen molar-refractivity contribution in [3.05, 3.63) is 87.9 Å². The lowest BCUT2D eigenvalue weighted by Gasteiger charge is -2.26. The number of nitrogens with zero attached hydrogens (tertiary/aromatic N) is 3. The van der Waals surface area contributed by atoms with E-state index in [0.29, 0.717) is 37.8 Å². The second-order valence-electron chi connectivity index (χ2n) is 10.6. The molecule has 0 spiro atoms. The number of aromatic amines is 1. The standard InChI is InChI=1S/C32H29N5O3S/c1-19-23(3-2-4-25(19)36-31(38)28-12-11-27(41-28)21-7-8-21)29-24-17-26(35-30(24)34-18-33-29)20-5-9-22(10-6-20)32(39)37-13-15-40-16-14-37/h2-6,9-12,17-18,21H,7-8,13-16H2,1H3,(H,36,38)(H,33,34,35). The Labute approximate surface area is 241 Å². The lowest BCUT2D eigenvalue weighted by Crippen LogP contribution is -2.40. The molecule has 3 aromatic heterocycles. The molecule has 2 amide bonds. The Kier molecular flexibility index (Phi) is 6.60. The zero-order valence-electron chi connectivity index (χ0n) is 22.6. The first kappa shape index (κ1) is 25.6. The Balaban J connectivity index is 1.15. The van der Waals surface area contributed by atoms with Gasteiger partial charge in [0.15, 0.2) is 0 Å². The van der Waals surface area contributed by atoms with Crippen molar-refractivity contribution in [2.75, 3.05) is 31.6 Å². The number of amides is 2. The van der Waals surface area contributed by atoms with Crippen molar-refractivity contribution < 1.29 is 14.3 Å². The van der Waals surface area contributed by atoms with E-state index < -0.39 is 0 Å². The summed E-state index contributed by atoms with van der Waals surface area (Å²) >= 11 is 1.59. The topological polar surface area (TPSA) is 100 Å². The zero-order valence-corrected chi connectivity index (χ0v) is 23.5. The first-order valence-corrected chi connectivity index (χ1v) is 14.7. The van der Waals surface area contributed by atoms with Crippen LogP contribution in [-0.2, 0) is 4.74 Å². The summed E-state index contributed by atoms with van der Waals surface area (Å²) in [5.74, 6) is 0.567. The number of aromatic nitrogens is 3. The molecule has 2 aromatic carbocycles. The number of thiophene rings is 1. The van der Waals surface area contributed by atoms with Crippen LogP contribution in [0.5, 0.6) is 0 Å². The minimum atomic E-state index is -0.0885. The van der Waals surface area contributed by atoms with Gasteiger partial charge in [-0.3, -0.25) is 9.59 Å². The molecule has 41 heavy (non-hydrogen) atoms. The number of morpholine rings is 1. The Morgan fingerprint density at radius 3 is 2.61 bits per heavy atom. The number of benzene rings is 2. The molecule has 0 atom stereocenters. The minimum absolute atomic E-state index is 0.0227. The summed E-state index contributed by atoms with van der Waals surface area (Å²) in [5, 5.41) is 3.99. The predicted molar refractivity (Wildman–Crippen MR) is 160 cm³/mol. The van der Waals surface area contributed by atoms with Crippen molar-refractivity contribution in [1.29, 1.82) is 0 Å². The van der Waals surface area contributed by atoms with E-state index in [1.807, 2.05) is 66.4 Å². The smallest absolute Gasteiger partial charge is 0.265 e. The summed E-state index contributed by atoms with van der Waals surface area (Å²) in [7, 11) is 0. The average molecular weight is 564 g/mol. The van der Waals surface area contributed by atoms with Crippen LogP contribution in [0.15, 0.2) is 67.0 Å². The lowest BCUT2D eigenvalue weighted by molar-refractivity contribution is 0.0303. The van der Waals surface area contributed by atoms with Gasteiger partial charge in [0.2, 0.25) is 0 Å². The molecule has 1 saturated carbocycles. The van der Waals surface area contributed by atoms with Gasteiger partial charge in [0.1, 0.15) is 12.0 Å². The van der Waals surface area contributed by atoms with Gasteiger partial charge in [-0.1, -0.05) is 24.3 Å². The van der Waals surface area contributed by atoms with Crippen molar-refractivity contribution in [3.8, 4) is 22.5 Å². The summed E-state index contributed by atoms with van der Waals surface area (Å²) in [5.41, 5.74) is 6.64. The number of H-pyrrole nitrogens is 1. The van der Waals surface area contributed by atoms with Gasteiger partial charge < -0.3 is 19.9 Å². The molecule has 7 rings (SSSR count). The molecule has 9 heteroatoms. The van der Waals surface area contributed by atoms with E-state index in [0.717, 1.165) is 49.7 Å². The van der Waals surface area contributed by atoms with Crippen LogP contribution in [-0.4, -0.2) is 58.0 Å². The third kappa shape index (κ3) is 5.03. The van der Waals surface area contributed by atoms with Gasteiger partial charge in [0.05, 0.1) is 23.8 Å². The molecule has 1 saturated heterocycles. The average Bonchev–Trinajstić information content (AvgIpc) is 3.56. The van der Waals surface area contributed by atoms with E-state index in [1.54, 1.807) is 17.7 Å². The summed E-state index contributed by atoms with van der Waals surface area (Å²) in [6.45, 7) is 4.38. The van der Waals surface area contributed by atoms with Gasteiger partial charge in [0.25, 0.3) is 11.8 Å². The van der Waals surface area contributed by atoms with Gasteiger partial charge >= 0.3 is 0 Å². The number of hydrogen-bond donors (Lipinski definition) is 2. The van der Waals surface area contributed by atoms with Crippen molar-refractivity contribution in [1.82, 2.24) is 19.9 Å². The molecule has 206 valence electrons. The summed E-state index contributed by atoms with van der Waals surface area (Å²) < 4.78 is 5.36. The van der Waals surface area contributed by atoms with Crippen LogP contribution in [0.3, 0.4) is 0 Å². The highest BCUT2D eigenvalue weighted by Gasteiger charge is 2.26. The maximum absolute atomic E-state index is 13.0. The normalized spacial score (nSPS) is 15.3. The number of fused-ring (bicyclic) bond motifs is 1. The van der Waals surface area contributed by atoms with Gasteiger partial charge in [-0.05, 0) is 73.2 Å². The first-order valence-electron chi connectivity index (χ1n) is 13.9. The SMILES string of the molecule is Cc1c(NC(=O)c2ccc(C3CC3)s2)cccc1-c1ncnc2[nH]c(-c3ccc(C(=O)N4CCOCC4)cc3)cc12. The molecule has 2 N–H and O–H groups in total. The number of hydrogen-bond acceptors (Lipinski definition) is 6. The molecule has 8 nitrogen and oxygen atoms in total. The third-order valence-corrected chi connectivity index (χ3v) is 9.08. The Morgan fingerprint density at radius 1 is 1.02 bits per heavy atom. The van der Waals surface area contributed by atoms with Crippen molar-refractivity contribution in [3.63, 3.8) is 0 Å². The molecule has 0 unspecified atom stereocenters. The molecular formula is C32H29N5O3S. The molecule has 4 heterocycles. The van der Waals surface area contributed by atoms with E-state index in [4.69, 9.17) is 4.74 Å².